The van der Waals surface area contributed by atoms with Crippen LogP contribution in [-0.2, 0) is 23.6 Å². The largest absolute Gasteiger partial charge is 0.352 e. The van der Waals surface area contributed by atoms with E-state index in [0.717, 1.165) is 25.0 Å². The van der Waals surface area contributed by atoms with Gasteiger partial charge in [-0.1, -0.05) is 0 Å². The third kappa shape index (κ3) is 2.88. The van der Waals surface area contributed by atoms with E-state index in [1.165, 1.54) is 4.31 Å². The molecule has 0 aromatic carbocycles. The maximum atomic E-state index is 12.7. The van der Waals surface area contributed by atoms with E-state index in [1.54, 1.807) is 23.9 Å². The van der Waals surface area contributed by atoms with Crippen LogP contribution in [0.4, 0.5) is 0 Å². The second-order valence-electron chi connectivity index (χ2n) is 6.22. The van der Waals surface area contributed by atoms with Gasteiger partial charge in [0.25, 0.3) is 0 Å². The molecule has 0 spiro atoms. The summed E-state index contributed by atoms with van der Waals surface area (Å²) in [6.07, 6.45) is 4.89. The Labute approximate surface area is 127 Å². The predicted molar refractivity (Wildman–Crippen MR) is 83.4 cm³/mol. The molecule has 7 heteroatoms. The van der Waals surface area contributed by atoms with Gasteiger partial charge in [-0.05, 0) is 39.4 Å². The molecule has 1 saturated carbocycles. The first-order chi connectivity index (χ1) is 9.73. The molecule has 2 rings (SSSR count). The van der Waals surface area contributed by atoms with Crippen molar-refractivity contribution in [1.82, 2.24) is 13.8 Å². The minimum absolute atomic E-state index is 0.0205. The van der Waals surface area contributed by atoms with Crippen molar-refractivity contribution in [3.8, 4) is 0 Å². The Bertz CT molecular complexity index is 602. The van der Waals surface area contributed by atoms with Crippen LogP contribution >= 0.6 is 0 Å². The van der Waals surface area contributed by atoms with Gasteiger partial charge in [0.2, 0.25) is 10.0 Å². The third-order valence-electron chi connectivity index (χ3n) is 4.75. The Morgan fingerprint density at radius 2 is 1.95 bits per heavy atom. The molecule has 0 unspecified atom stereocenters. The summed E-state index contributed by atoms with van der Waals surface area (Å²) in [5, 5.41) is 0. The summed E-state index contributed by atoms with van der Waals surface area (Å²) < 4.78 is 28.7. The number of sulfonamides is 1. The summed E-state index contributed by atoms with van der Waals surface area (Å²) in [6, 6.07) is 1.66. The molecule has 0 saturated heterocycles. The van der Waals surface area contributed by atoms with Crippen molar-refractivity contribution in [2.75, 3.05) is 27.7 Å². The quantitative estimate of drug-likeness (QED) is 0.834. The number of hydrogen-bond acceptors (Lipinski definition) is 4. The minimum Gasteiger partial charge on any atom is -0.352 e. The zero-order valence-corrected chi connectivity index (χ0v) is 14.2. The van der Waals surface area contributed by atoms with E-state index in [1.807, 2.05) is 21.1 Å². The van der Waals surface area contributed by atoms with Crippen molar-refractivity contribution in [2.45, 2.75) is 36.2 Å². The molecule has 1 fully saturated rings. The Morgan fingerprint density at radius 3 is 2.33 bits per heavy atom. The second kappa shape index (κ2) is 5.72. The van der Waals surface area contributed by atoms with Gasteiger partial charge < -0.3 is 15.2 Å². The van der Waals surface area contributed by atoms with E-state index < -0.39 is 10.0 Å². The maximum absolute atomic E-state index is 12.7. The van der Waals surface area contributed by atoms with Crippen molar-refractivity contribution in [3.63, 3.8) is 0 Å². The van der Waals surface area contributed by atoms with Crippen LogP contribution in [0.25, 0.3) is 0 Å². The van der Waals surface area contributed by atoms with Gasteiger partial charge in [0.05, 0.1) is 0 Å². The van der Waals surface area contributed by atoms with Crippen molar-refractivity contribution in [1.29, 1.82) is 0 Å². The van der Waals surface area contributed by atoms with Crippen LogP contribution in [0.15, 0.2) is 17.2 Å². The van der Waals surface area contributed by atoms with E-state index in [4.69, 9.17) is 5.73 Å². The molecular weight excluding hydrogens is 288 g/mol. The molecular formula is C14H26N4O2S. The molecule has 0 aliphatic heterocycles. The predicted octanol–water partition coefficient (Wildman–Crippen LogP) is 0.589. The highest BCUT2D eigenvalue weighted by molar-refractivity contribution is 7.89. The molecule has 0 atom stereocenters. The number of likely N-dealkylation sites (N-methyl/N-ethyl adjacent to an activating group) is 2. The number of hydrogen-bond donors (Lipinski definition) is 1. The zero-order valence-electron chi connectivity index (χ0n) is 13.3. The molecule has 1 aromatic rings. The van der Waals surface area contributed by atoms with Gasteiger partial charge in [0.1, 0.15) is 4.90 Å². The standard InChI is InChI=1S/C14H26N4O2S/c1-16(2)14(6-5-7-14)11-18(4)21(19,20)13-8-12(9-15)17(3)10-13/h8,10H,5-7,9,11,15H2,1-4H3. The Morgan fingerprint density at radius 1 is 1.33 bits per heavy atom. The average Bonchev–Trinajstić information content (AvgIpc) is 2.74. The molecule has 0 radical (unpaired) electrons. The number of nitrogens with zero attached hydrogens (tertiary/aromatic N) is 3. The fourth-order valence-electron chi connectivity index (χ4n) is 2.93. The van der Waals surface area contributed by atoms with Gasteiger partial charge in [-0.25, -0.2) is 8.42 Å². The Kier molecular flexibility index (Phi) is 4.49. The maximum Gasteiger partial charge on any atom is 0.244 e. The van der Waals surface area contributed by atoms with Gasteiger partial charge in [0, 0.05) is 44.6 Å². The molecule has 2 N–H and O–H groups in total. The minimum atomic E-state index is -3.46. The van der Waals surface area contributed by atoms with Crippen molar-refractivity contribution < 1.29 is 8.42 Å². The lowest BCUT2D eigenvalue weighted by atomic mass is 9.75. The van der Waals surface area contributed by atoms with Crippen LogP contribution in [0.3, 0.4) is 0 Å². The molecule has 120 valence electrons. The van der Waals surface area contributed by atoms with Crippen molar-refractivity contribution in [3.05, 3.63) is 18.0 Å². The summed E-state index contributed by atoms with van der Waals surface area (Å²) in [5.74, 6) is 0. The van der Waals surface area contributed by atoms with Gasteiger partial charge in [0.15, 0.2) is 0 Å². The van der Waals surface area contributed by atoms with Crippen LogP contribution in [-0.4, -0.2) is 55.4 Å². The Balaban J connectivity index is 2.22. The highest BCUT2D eigenvalue weighted by Crippen LogP contribution is 2.37. The highest BCUT2D eigenvalue weighted by Gasteiger charge is 2.42. The van der Waals surface area contributed by atoms with E-state index in [2.05, 4.69) is 4.90 Å². The molecule has 1 heterocycles. The Hall–Kier alpha value is -0.890. The smallest absolute Gasteiger partial charge is 0.244 e. The van der Waals surface area contributed by atoms with E-state index >= 15 is 0 Å². The molecule has 0 amide bonds. The SMILES string of the molecule is CN(C)C1(CN(C)S(=O)(=O)c2cc(CN)n(C)c2)CCC1. The van der Waals surface area contributed by atoms with Crippen LogP contribution in [0.2, 0.25) is 0 Å². The lowest BCUT2D eigenvalue weighted by Gasteiger charge is -2.48. The number of rotatable bonds is 6. The fraction of sp³-hybridized carbons (Fsp3) is 0.714. The second-order valence-corrected chi connectivity index (χ2v) is 8.26. The first kappa shape index (κ1) is 16.5. The molecule has 1 aromatic heterocycles. The molecule has 21 heavy (non-hydrogen) atoms. The van der Waals surface area contributed by atoms with E-state index in [-0.39, 0.29) is 5.54 Å². The van der Waals surface area contributed by atoms with Gasteiger partial charge in [-0.2, -0.15) is 4.31 Å². The molecule has 1 aliphatic carbocycles. The lowest BCUT2D eigenvalue weighted by molar-refractivity contribution is 0.0455. The first-order valence-electron chi connectivity index (χ1n) is 7.22. The lowest BCUT2D eigenvalue weighted by Crippen LogP contribution is -2.57. The van der Waals surface area contributed by atoms with Gasteiger partial charge >= 0.3 is 0 Å². The van der Waals surface area contributed by atoms with E-state index in [9.17, 15) is 8.42 Å². The van der Waals surface area contributed by atoms with Crippen molar-refractivity contribution in [2.24, 2.45) is 12.8 Å². The van der Waals surface area contributed by atoms with Gasteiger partial charge in [-0.15, -0.1) is 0 Å². The number of aryl methyl sites for hydroxylation is 1. The van der Waals surface area contributed by atoms with E-state index in [0.29, 0.717) is 18.0 Å². The average molecular weight is 314 g/mol. The monoisotopic (exact) mass is 314 g/mol. The summed E-state index contributed by atoms with van der Waals surface area (Å²) in [6.45, 7) is 0.854. The normalized spacial score (nSPS) is 18.2. The topological polar surface area (TPSA) is 71.6 Å². The molecule has 1 aliphatic rings. The number of aromatic nitrogens is 1. The third-order valence-corrected chi connectivity index (χ3v) is 6.52. The summed E-state index contributed by atoms with van der Waals surface area (Å²) in [7, 11) is 4.06. The summed E-state index contributed by atoms with van der Waals surface area (Å²) in [4.78, 5) is 2.47. The summed E-state index contributed by atoms with van der Waals surface area (Å²) in [5.41, 5.74) is 6.41. The fourth-order valence-corrected chi connectivity index (χ4v) is 4.28. The molecule has 6 nitrogen and oxygen atoms in total. The highest BCUT2D eigenvalue weighted by atomic mass is 32.2. The van der Waals surface area contributed by atoms with Crippen LogP contribution in [0.5, 0.6) is 0 Å². The molecule has 0 bridgehead atoms. The van der Waals surface area contributed by atoms with Crippen LogP contribution in [0.1, 0.15) is 25.0 Å². The van der Waals surface area contributed by atoms with Crippen molar-refractivity contribution >= 4 is 10.0 Å². The van der Waals surface area contributed by atoms with Gasteiger partial charge in [-0.3, -0.25) is 0 Å². The van der Waals surface area contributed by atoms with Crippen LogP contribution < -0.4 is 5.73 Å². The first-order valence-corrected chi connectivity index (χ1v) is 8.66. The number of nitrogens with two attached hydrogens (primary N) is 1. The summed E-state index contributed by atoms with van der Waals surface area (Å²) >= 11 is 0. The van der Waals surface area contributed by atoms with Crippen LogP contribution in [0, 0.1) is 0 Å². The zero-order chi connectivity index (χ0) is 15.8.